The Morgan fingerprint density at radius 1 is 1.21 bits per heavy atom. The lowest BCUT2D eigenvalue weighted by Crippen LogP contribution is -2.45. The number of nitrogens with zero attached hydrogens (tertiary/aromatic N) is 2. The first-order chi connectivity index (χ1) is 11.1. The van der Waals surface area contributed by atoms with E-state index in [1.807, 2.05) is 20.9 Å². The molecule has 130 valence electrons. The summed E-state index contributed by atoms with van der Waals surface area (Å²) in [6.07, 6.45) is -0.459. The maximum Gasteiger partial charge on any atom is 0.416 e. The number of hydrogen-bond donors (Lipinski definition) is 1. The van der Waals surface area contributed by atoms with Gasteiger partial charge in [0.2, 0.25) is 5.91 Å². The van der Waals surface area contributed by atoms with Crippen LogP contribution >= 0.6 is 0 Å². The van der Waals surface area contributed by atoms with E-state index >= 15 is 0 Å². The minimum absolute atomic E-state index is 0.157. The monoisotopic (exact) mass is 339 g/mol. The van der Waals surface area contributed by atoms with Gasteiger partial charge < -0.3 is 9.88 Å². The maximum absolute atomic E-state index is 12.6. The van der Waals surface area contributed by atoms with Gasteiger partial charge in [-0.25, -0.2) is 4.98 Å². The summed E-state index contributed by atoms with van der Waals surface area (Å²) in [5.74, 6) is -0.157. The highest BCUT2D eigenvalue weighted by molar-refractivity contribution is 5.78. The van der Waals surface area contributed by atoms with Gasteiger partial charge in [-0.2, -0.15) is 13.2 Å². The maximum atomic E-state index is 12.6. The molecule has 1 aromatic carbocycles. The summed E-state index contributed by atoms with van der Waals surface area (Å²) in [5.41, 5.74) is 0.270. The van der Waals surface area contributed by atoms with E-state index in [-0.39, 0.29) is 12.3 Å². The predicted octanol–water partition coefficient (Wildman–Crippen LogP) is 3.12. The van der Waals surface area contributed by atoms with Crippen molar-refractivity contribution in [3.05, 3.63) is 53.6 Å². The van der Waals surface area contributed by atoms with Gasteiger partial charge in [0.1, 0.15) is 0 Å². The van der Waals surface area contributed by atoms with Gasteiger partial charge in [-0.1, -0.05) is 12.1 Å². The molecule has 2 aromatic rings. The summed E-state index contributed by atoms with van der Waals surface area (Å²) in [5, 5.41) is 2.91. The Balaban J connectivity index is 1.97. The van der Waals surface area contributed by atoms with Crippen LogP contribution in [0.1, 0.15) is 30.7 Å². The molecule has 0 saturated carbocycles. The van der Waals surface area contributed by atoms with E-state index in [2.05, 4.69) is 10.3 Å². The molecule has 0 unspecified atom stereocenters. The van der Waals surface area contributed by atoms with Crippen molar-refractivity contribution in [3.8, 4) is 0 Å². The molecule has 0 radical (unpaired) electrons. The van der Waals surface area contributed by atoms with Crippen LogP contribution in [-0.2, 0) is 30.9 Å². The largest absolute Gasteiger partial charge is 0.416 e. The third-order valence-electron chi connectivity index (χ3n) is 3.66. The molecule has 24 heavy (non-hydrogen) atoms. The van der Waals surface area contributed by atoms with Gasteiger partial charge in [0.25, 0.3) is 0 Å². The van der Waals surface area contributed by atoms with Crippen molar-refractivity contribution in [2.24, 2.45) is 7.05 Å². The summed E-state index contributed by atoms with van der Waals surface area (Å²) < 4.78 is 39.5. The number of aryl methyl sites for hydroxylation is 1. The van der Waals surface area contributed by atoms with Gasteiger partial charge in [0.15, 0.2) is 0 Å². The number of amides is 1. The summed E-state index contributed by atoms with van der Waals surface area (Å²) in [7, 11) is 1.81. The average molecular weight is 339 g/mol. The molecule has 0 fully saturated rings. The van der Waals surface area contributed by atoms with Crippen LogP contribution in [0.3, 0.4) is 0 Å². The van der Waals surface area contributed by atoms with Crippen molar-refractivity contribution < 1.29 is 18.0 Å². The zero-order valence-corrected chi connectivity index (χ0v) is 13.8. The number of nitrogens with one attached hydrogen (secondary N) is 1. The van der Waals surface area contributed by atoms with Crippen LogP contribution in [0.15, 0.2) is 36.8 Å². The van der Waals surface area contributed by atoms with Gasteiger partial charge >= 0.3 is 6.18 Å². The van der Waals surface area contributed by atoms with Crippen LogP contribution in [-0.4, -0.2) is 21.0 Å². The first kappa shape index (κ1) is 18.0. The van der Waals surface area contributed by atoms with Crippen LogP contribution in [0.4, 0.5) is 13.2 Å². The summed E-state index contributed by atoms with van der Waals surface area (Å²) >= 11 is 0. The highest BCUT2D eigenvalue weighted by Gasteiger charge is 2.30. The quantitative estimate of drug-likeness (QED) is 0.910. The first-order valence-corrected chi connectivity index (χ1v) is 7.49. The first-order valence-electron chi connectivity index (χ1n) is 7.49. The van der Waals surface area contributed by atoms with E-state index in [0.717, 1.165) is 23.4 Å². The molecule has 0 saturated heterocycles. The molecule has 0 aliphatic heterocycles. The van der Waals surface area contributed by atoms with Gasteiger partial charge in [0.05, 0.1) is 18.3 Å². The molecule has 0 aliphatic rings. The molecule has 0 spiro atoms. The predicted molar refractivity (Wildman–Crippen MR) is 84.3 cm³/mol. The summed E-state index contributed by atoms with van der Waals surface area (Å²) in [6, 6.07) is 5.00. The minimum atomic E-state index is -4.34. The fourth-order valence-corrected chi connectivity index (χ4v) is 2.51. The number of hydrogen-bond acceptors (Lipinski definition) is 2. The Morgan fingerprint density at radius 3 is 2.33 bits per heavy atom. The van der Waals surface area contributed by atoms with Crippen molar-refractivity contribution in [1.29, 1.82) is 0 Å². The number of halogens is 3. The standard InChI is InChI=1S/C17H20F3N3O/c1-16(2,22-15(24)8-14-10-21-11-23(14)3)9-12-4-6-13(7-5-12)17(18,19)20/h4-7,10-11H,8-9H2,1-3H3,(H,22,24). The number of benzene rings is 1. The molecule has 7 heteroatoms. The van der Waals surface area contributed by atoms with Crippen LogP contribution < -0.4 is 5.32 Å². The topological polar surface area (TPSA) is 46.9 Å². The third kappa shape index (κ3) is 4.84. The summed E-state index contributed by atoms with van der Waals surface area (Å²) in [4.78, 5) is 16.1. The van der Waals surface area contributed by atoms with Gasteiger partial charge in [-0.3, -0.25) is 4.79 Å². The normalized spacial score (nSPS) is 12.2. The second-order valence-electron chi connectivity index (χ2n) is 6.48. The van der Waals surface area contributed by atoms with Gasteiger partial charge in [-0.05, 0) is 38.0 Å². The van der Waals surface area contributed by atoms with Crippen LogP contribution in [0.2, 0.25) is 0 Å². The molecule has 1 heterocycles. The lowest BCUT2D eigenvalue weighted by atomic mass is 9.94. The van der Waals surface area contributed by atoms with Crippen molar-refractivity contribution >= 4 is 5.91 Å². The SMILES string of the molecule is Cn1cncc1CC(=O)NC(C)(C)Cc1ccc(C(F)(F)F)cc1. The minimum Gasteiger partial charge on any atom is -0.351 e. The fourth-order valence-electron chi connectivity index (χ4n) is 2.51. The second-order valence-corrected chi connectivity index (χ2v) is 6.48. The molecule has 0 atom stereocenters. The number of carbonyl (C=O) groups excluding carboxylic acids is 1. The Morgan fingerprint density at radius 2 is 1.83 bits per heavy atom. The van der Waals surface area contributed by atoms with E-state index in [0.29, 0.717) is 6.42 Å². The van der Waals surface area contributed by atoms with E-state index in [1.165, 1.54) is 12.1 Å². The third-order valence-corrected chi connectivity index (χ3v) is 3.66. The number of alkyl halides is 3. The smallest absolute Gasteiger partial charge is 0.351 e. The van der Waals surface area contributed by atoms with E-state index in [1.54, 1.807) is 17.1 Å². The molecule has 1 N–H and O–H groups in total. The number of aromatic nitrogens is 2. The lowest BCUT2D eigenvalue weighted by molar-refractivity contribution is -0.137. The van der Waals surface area contributed by atoms with Crippen molar-refractivity contribution in [2.45, 2.75) is 38.4 Å². The molecular formula is C17H20F3N3O. The van der Waals surface area contributed by atoms with Crippen molar-refractivity contribution in [3.63, 3.8) is 0 Å². The molecule has 4 nitrogen and oxygen atoms in total. The van der Waals surface area contributed by atoms with Crippen LogP contribution in [0.25, 0.3) is 0 Å². The van der Waals surface area contributed by atoms with Gasteiger partial charge in [0, 0.05) is 24.5 Å². The number of carbonyl (C=O) groups is 1. The highest BCUT2D eigenvalue weighted by atomic mass is 19.4. The zero-order valence-electron chi connectivity index (χ0n) is 13.8. The Bertz CT molecular complexity index is 703. The molecular weight excluding hydrogens is 319 g/mol. The van der Waals surface area contributed by atoms with Crippen molar-refractivity contribution in [2.75, 3.05) is 0 Å². The zero-order chi connectivity index (χ0) is 18.0. The Labute approximate surface area is 138 Å². The lowest BCUT2D eigenvalue weighted by Gasteiger charge is -2.26. The fraction of sp³-hybridized carbons (Fsp3) is 0.412. The average Bonchev–Trinajstić information content (AvgIpc) is 2.82. The summed E-state index contributed by atoms with van der Waals surface area (Å²) in [6.45, 7) is 3.68. The van der Waals surface area contributed by atoms with E-state index in [9.17, 15) is 18.0 Å². The molecule has 1 amide bonds. The Kier molecular flexibility index (Phi) is 5.01. The number of imidazole rings is 1. The van der Waals surface area contributed by atoms with Gasteiger partial charge in [-0.15, -0.1) is 0 Å². The molecule has 2 rings (SSSR count). The molecule has 0 aliphatic carbocycles. The van der Waals surface area contributed by atoms with E-state index < -0.39 is 17.3 Å². The van der Waals surface area contributed by atoms with Crippen LogP contribution in [0.5, 0.6) is 0 Å². The molecule has 0 bridgehead atoms. The Hall–Kier alpha value is -2.31. The highest BCUT2D eigenvalue weighted by Crippen LogP contribution is 2.29. The number of rotatable bonds is 5. The molecule has 1 aromatic heterocycles. The second kappa shape index (κ2) is 6.67. The van der Waals surface area contributed by atoms with E-state index in [4.69, 9.17) is 0 Å². The van der Waals surface area contributed by atoms with Crippen molar-refractivity contribution in [1.82, 2.24) is 14.9 Å². The van der Waals surface area contributed by atoms with Crippen LogP contribution in [0, 0.1) is 0 Å².